The second-order valence-corrected chi connectivity index (χ2v) is 11.3. The Morgan fingerprint density at radius 1 is 0.932 bits per heavy atom. The molecule has 0 radical (unpaired) electrons. The van der Waals surface area contributed by atoms with E-state index in [1.54, 1.807) is 12.1 Å². The molecular formula is C35H28ClF3N2O3. The lowest BCUT2D eigenvalue weighted by Crippen LogP contribution is -2.23. The van der Waals surface area contributed by atoms with Gasteiger partial charge in [-0.3, -0.25) is 9.78 Å². The molecule has 9 heteroatoms. The first kappa shape index (κ1) is 29.6. The van der Waals surface area contributed by atoms with Crippen molar-refractivity contribution in [1.29, 1.82) is 0 Å². The summed E-state index contributed by atoms with van der Waals surface area (Å²) in [4.78, 5) is 17.1. The van der Waals surface area contributed by atoms with Crippen molar-refractivity contribution in [3.8, 4) is 33.7 Å². The number of aryl methyl sites for hydroxylation is 1. The zero-order chi connectivity index (χ0) is 31.1. The first-order valence-electron chi connectivity index (χ1n) is 14.3. The van der Waals surface area contributed by atoms with E-state index in [-0.39, 0.29) is 16.6 Å². The Morgan fingerprint density at radius 2 is 1.57 bits per heavy atom. The van der Waals surface area contributed by atoms with Gasteiger partial charge in [0, 0.05) is 28.8 Å². The third kappa shape index (κ3) is 5.62. The van der Waals surface area contributed by atoms with Crippen LogP contribution in [-0.4, -0.2) is 22.7 Å². The molecule has 0 aliphatic heterocycles. The SMILES string of the molecule is CCOC(=O)C1(c2ccc(-c3ccc(-c4onc(C)c4Cc4cccc(-c5cccc(C(F)(F)F)c5Cl)n4)cc3)cc2)CC1. The molecule has 0 atom stereocenters. The number of nitrogens with zero attached hydrogens (tertiary/aromatic N) is 2. The van der Waals surface area contributed by atoms with Gasteiger partial charge in [-0.1, -0.05) is 83.5 Å². The third-order valence-electron chi connectivity index (χ3n) is 8.06. The van der Waals surface area contributed by atoms with Crippen molar-refractivity contribution in [2.24, 2.45) is 0 Å². The van der Waals surface area contributed by atoms with E-state index in [2.05, 4.69) is 10.1 Å². The largest absolute Gasteiger partial charge is 0.465 e. The number of halogens is 4. The lowest BCUT2D eigenvalue weighted by molar-refractivity contribution is -0.146. The lowest BCUT2D eigenvalue weighted by Gasteiger charge is -2.14. The summed E-state index contributed by atoms with van der Waals surface area (Å²) in [5.74, 6) is 0.440. The minimum Gasteiger partial charge on any atom is -0.465 e. The zero-order valence-corrected chi connectivity index (χ0v) is 24.8. The highest BCUT2D eigenvalue weighted by Crippen LogP contribution is 2.49. The van der Waals surface area contributed by atoms with E-state index in [0.29, 0.717) is 35.9 Å². The standard InChI is InChI=1S/C35H28ClF3N2O3/c1-3-43-33(42)34(18-19-34)25-16-14-23(15-17-25)22-10-12-24(13-11-22)32-28(21(2)41-44-32)20-26-6-4-9-30(40-26)27-7-5-8-29(31(27)36)35(37,38)39/h4-17H,3,18-20H2,1-2H3. The molecule has 5 nitrogen and oxygen atoms in total. The molecule has 2 aromatic heterocycles. The molecule has 0 N–H and O–H groups in total. The summed E-state index contributed by atoms with van der Waals surface area (Å²) in [6.07, 6.45) is -2.60. The maximum Gasteiger partial charge on any atom is 0.417 e. The van der Waals surface area contributed by atoms with Gasteiger partial charge in [0.1, 0.15) is 0 Å². The first-order chi connectivity index (χ1) is 21.1. The third-order valence-corrected chi connectivity index (χ3v) is 8.47. The van der Waals surface area contributed by atoms with Crippen molar-refractivity contribution in [3.05, 3.63) is 118 Å². The number of ether oxygens (including phenoxy) is 1. The van der Waals surface area contributed by atoms with Crippen LogP contribution in [0.2, 0.25) is 5.02 Å². The molecule has 3 aromatic carbocycles. The summed E-state index contributed by atoms with van der Waals surface area (Å²) in [5.41, 5.74) is 5.14. The number of carbonyl (C=O) groups excluding carboxylic acids is 1. The molecule has 2 heterocycles. The van der Waals surface area contributed by atoms with Crippen LogP contribution in [0.25, 0.3) is 33.7 Å². The van der Waals surface area contributed by atoms with Crippen LogP contribution in [0.4, 0.5) is 13.2 Å². The predicted molar refractivity (Wildman–Crippen MR) is 162 cm³/mol. The number of carbonyl (C=O) groups is 1. The van der Waals surface area contributed by atoms with Gasteiger partial charge < -0.3 is 9.26 Å². The zero-order valence-electron chi connectivity index (χ0n) is 24.0. The molecule has 1 aliphatic carbocycles. The predicted octanol–water partition coefficient (Wildman–Crippen LogP) is 9.24. The van der Waals surface area contributed by atoms with Gasteiger partial charge in [0.15, 0.2) is 5.76 Å². The Labute approximate surface area is 257 Å². The van der Waals surface area contributed by atoms with Gasteiger partial charge in [-0.15, -0.1) is 0 Å². The first-order valence-corrected chi connectivity index (χ1v) is 14.6. The Morgan fingerprint density at radius 3 is 2.20 bits per heavy atom. The summed E-state index contributed by atoms with van der Waals surface area (Å²) in [6.45, 7) is 4.03. The molecule has 1 saturated carbocycles. The molecule has 0 saturated heterocycles. The quantitative estimate of drug-likeness (QED) is 0.163. The maximum absolute atomic E-state index is 13.4. The van der Waals surface area contributed by atoms with Crippen molar-refractivity contribution in [2.75, 3.05) is 6.61 Å². The van der Waals surface area contributed by atoms with E-state index < -0.39 is 17.2 Å². The van der Waals surface area contributed by atoms with Crippen molar-refractivity contribution in [3.63, 3.8) is 0 Å². The minimum absolute atomic E-state index is 0.156. The highest BCUT2D eigenvalue weighted by molar-refractivity contribution is 6.34. The van der Waals surface area contributed by atoms with Gasteiger partial charge in [-0.05, 0) is 61.6 Å². The molecule has 5 aromatic rings. The lowest BCUT2D eigenvalue weighted by atomic mass is 9.93. The number of alkyl halides is 3. The number of benzene rings is 3. The molecule has 0 unspecified atom stereocenters. The fourth-order valence-corrected chi connectivity index (χ4v) is 5.81. The van der Waals surface area contributed by atoms with E-state index in [4.69, 9.17) is 20.9 Å². The van der Waals surface area contributed by atoms with Gasteiger partial charge >= 0.3 is 12.1 Å². The summed E-state index contributed by atoms with van der Waals surface area (Å²) in [6, 6.07) is 24.9. The number of esters is 1. The molecule has 6 rings (SSSR count). The number of rotatable bonds is 8. The van der Waals surface area contributed by atoms with Crippen molar-refractivity contribution < 1.29 is 27.2 Å². The van der Waals surface area contributed by atoms with Gasteiger partial charge in [-0.25, -0.2) is 0 Å². The van der Waals surface area contributed by atoms with Crippen LogP contribution in [0.3, 0.4) is 0 Å². The number of hydrogen-bond donors (Lipinski definition) is 0. The van der Waals surface area contributed by atoms with Crippen LogP contribution in [-0.2, 0) is 27.5 Å². The van der Waals surface area contributed by atoms with Crippen LogP contribution in [0, 0.1) is 6.92 Å². The molecule has 224 valence electrons. The molecule has 44 heavy (non-hydrogen) atoms. The summed E-state index contributed by atoms with van der Waals surface area (Å²) in [7, 11) is 0. The van der Waals surface area contributed by atoms with Crippen LogP contribution < -0.4 is 0 Å². The van der Waals surface area contributed by atoms with Gasteiger partial charge in [0.05, 0.1) is 34.0 Å². The van der Waals surface area contributed by atoms with Crippen LogP contribution in [0.15, 0.2) is 89.5 Å². The molecule has 0 amide bonds. The minimum atomic E-state index is -4.57. The van der Waals surface area contributed by atoms with E-state index in [0.717, 1.165) is 46.7 Å². The smallest absolute Gasteiger partial charge is 0.417 e. The van der Waals surface area contributed by atoms with Gasteiger partial charge in [-0.2, -0.15) is 13.2 Å². The summed E-state index contributed by atoms with van der Waals surface area (Å²) < 4.78 is 51.3. The summed E-state index contributed by atoms with van der Waals surface area (Å²) >= 11 is 6.16. The average Bonchev–Trinajstić information content (AvgIpc) is 3.76. The highest BCUT2D eigenvalue weighted by Gasteiger charge is 2.52. The number of pyridine rings is 1. The monoisotopic (exact) mass is 616 g/mol. The molecular weight excluding hydrogens is 589 g/mol. The topological polar surface area (TPSA) is 65.2 Å². The normalized spacial score (nSPS) is 14.0. The molecule has 0 bridgehead atoms. The number of hydrogen-bond acceptors (Lipinski definition) is 5. The Kier molecular flexibility index (Phi) is 7.80. The van der Waals surface area contributed by atoms with E-state index >= 15 is 0 Å². The Hall–Kier alpha value is -4.43. The fourth-order valence-electron chi connectivity index (χ4n) is 5.48. The second-order valence-electron chi connectivity index (χ2n) is 10.9. The van der Waals surface area contributed by atoms with Crippen molar-refractivity contribution in [2.45, 2.75) is 44.7 Å². The van der Waals surface area contributed by atoms with E-state index in [1.165, 1.54) is 12.1 Å². The molecule has 1 aliphatic rings. The fraction of sp³-hybridized carbons (Fsp3) is 0.229. The average molecular weight is 617 g/mol. The maximum atomic E-state index is 13.4. The highest BCUT2D eigenvalue weighted by atomic mass is 35.5. The van der Waals surface area contributed by atoms with E-state index in [9.17, 15) is 18.0 Å². The van der Waals surface area contributed by atoms with Crippen LogP contribution in [0.1, 0.15) is 47.8 Å². The Bertz CT molecular complexity index is 1830. The van der Waals surface area contributed by atoms with Gasteiger partial charge in [0.25, 0.3) is 0 Å². The van der Waals surface area contributed by atoms with E-state index in [1.807, 2.05) is 68.4 Å². The van der Waals surface area contributed by atoms with Gasteiger partial charge in [0.2, 0.25) is 0 Å². The Balaban J connectivity index is 1.23. The van der Waals surface area contributed by atoms with Crippen molar-refractivity contribution >= 4 is 17.6 Å². The molecule has 1 fully saturated rings. The van der Waals surface area contributed by atoms with Crippen molar-refractivity contribution in [1.82, 2.24) is 10.1 Å². The summed E-state index contributed by atoms with van der Waals surface area (Å²) in [5, 5.41) is 3.80. The number of aromatic nitrogens is 2. The van der Waals surface area contributed by atoms with Crippen LogP contribution in [0.5, 0.6) is 0 Å². The van der Waals surface area contributed by atoms with Crippen LogP contribution >= 0.6 is 11.6 Å². The second kappa shape index (κ2) is 11.6. The molecule has 0 spiro atoms.